The second kappa shape index (κ2) is 10.8. The van der Waals surface area contributed by atoms with Gasteiger partial charge in [-0.3, -0.25) is 4.79 Å². The first kappa shape index (κ1) is 22.6. The molecule has 6 nitrogen and oxygen atoms in total. The van der Waals surface area contributed by atoms with Crippen LogP contribution in [0.2, 0.25) is 0 Å². The highest BCUT2D eigenvalue weighted by Gasteiger charge is 2.17. The van der Waals surface area contributed by atoms with Crippen LogP contribution < -0.4 is 9.64 Å². The molecule has 0 bridgehead atoms. The van der Waals surface area contributed by atoms with Crippen molar-refractivity contribution in [2.45, 2.75) is 20.3 Å². The first-order chi connectivity index (χ1) is 14.3. The maximum Gasteiger partial charge on any atom is 0.331 e. The van der Waals surface area contributed by atoms with Crippen LogP contribution in [-0.4, -0.2) is 32.1 Å². The van der Waals surface area contributed by atoms with Crippen LogP contribution in [0.5, 0.6) is 5.75 Å². The lowest BCUT2D eigenvalue weighted by Crippen LogP contribution is -2.35. The van der Waals surface area contributed by atoms with Gasteiger partial charge in [-0.05, 0) is 60.9 Å². The molecule has 2 aromatic carbocycles. The number of hydrogen-bond donors (Lipinski definition) is 0. The first-order valence-electron chi connectivity index (χ1n) is 9.28. The summed E-state index contributed by atoms with van der Waals surface area (Å²) >= 11 is 0. The molecular weight excluding hydrogens is 387 g/mol. The van der Waals surface area contributed by atoms with Gasteiger partial charge in [0.25, 0.3) is 5.91 Å². The molecule has 156 valence electrons. The number of benzene rings is 2. The third-order valence-corrected chi connectivity index (χ3v) is 4.19. The van der Waals surface area contributed by atoms with Crippen LogP contribution >= 0.6 is 0 Å². The monoisotopic (exact) mass is 410 g/mol. The number of amides is 1. The third kappa shape index (κ3) is 6.45. The van der Waals surface area contributed by atoms with Gasteiger partial charge < -0.3 is 14.4 Å². The summed E-state index contributed by atoms with van der Waals surface area (Å²) in [5.74, 6) is -1.62. The van der Waals surface area contributed by atoms with Crippen molar-refractivity contribution in [3.8, 4) is 11.8 Å². The van der Waals surface area contributed by atoms with Gasteiger partial charge in [-0.1, -0.05) is 12.1 Å². The van der Waals surface area contributed by atoms with Crippen molar-refractivity contribution in [1.82, 2.24) is 0 Å². The Morgan fingerprint density at radius 3 is 2.47 bits per heavy atom. The van der Waals surface area contributed by atoms with Gasteiger partial charge in [0.05, 0.1) is 19.6 Å². The van der Waals surface area contributed by atoms with Crippen molar-refractivity contribution in [3.63, 3.8) is 0 Å². The number of carbonyl (C=O) groups is 2. The zero-order valence-electron chi connectivity index (χ0n) is 17.1. The minimum Gasteiger partial charge on any atom is -0.494 e. The predicted octanol–water partition coefficient (Wildman–Crippen LogP) is 3.95. The molecule has 2 rings (SSSR count). The Balaban J connectivity index is 2.02. The van der Waals surface area contributed by atoms with Crippen molar-refractivity contribution in [1.29, 1.82) is 5.26 Å². The van der Waals surface area contributed by atoms with Crippen LogP contribution in [0.3, 0.4) is 0 Å². The average Bonchev–Trinajstić information content (AvgIpc) is 2.70. The van der Waals surface area contributed by atoms with Gasteiger partial charge in [-0.2, -0.15) is 5.26 Å². The Labute approximate surface area is 175 Å². The van der Waals surface area contributed by atoms with Gasteiger partial charge >= 0.3 is 5.97 Å². The van der Waals surface area contributed by atoms with Crippen molar-refractivity contribution in [2.24, 2.45) is 0 Å². The van der Waals surface area contributed by atoms with Crippen LogP contribution in [0.15, 0.2) is 42.5 Å². The van der Waals surface area contributed by atoms with E-state index in [1.165, 1.54) is 30.2 Å². The number of rotatable bonds is 8. The van der Waals surface area contributed by atoms with E-state index in [9.17, 15) is 14.0 Å². The molecule has 0 atom stereocenters. The van der Waals surface area contributed by atoms with Gasteiger partial charge in [-0.15, -0.1) is 0 Å². The normalized spacial score (nSPS) is 10.5. The fourth-order valence-corrected chi connectivity index (χ4v) is 2.88. The van der Waals surface area contributed by atoms with Crippen LogP contribution in [0, 0.1) is 31.0 Å². The van der Waals surface area contributed by atoms with E-state index in [1.54, 1.807) is 6.07 Å². The highest BCUT2D eigenvalue weighted by Crippen LogP contribution is 2.20. The van der Waals surface area contributed by atoms with Gasteiger partial charge in [0, 0.05) is 18.3 Å². The van der Waals surface area contributed by atoms with E-state index in [4.69, 9.17) is 14.7 Å². The van der Waals surface area contributed by atoms with Crippen molar-refractivity contribution < 1.29 is 23.5 Å². The Bertz CT molecular complexity index is 975. The van der Waals surface area contributed by atoms with Crippen molar-refractivity contribution >= 4 is 23.6 Å². The van der Waals surface area contributed by atoms with E-state index < -0.39 is 24.3 Å². The number of hydrogen-bond acceptors (Lipinski definition) is 5. The standard InChI is InChI=1S/C23H23FN2O4/c1-16-11-17(2)13-19(12-16)26(10-4-9-25)22(27)15-30-23(28)8-6-18-5-7-21(29-3)20(24)14-18/h5-8,11-14H,4,10,15H2,1-3H3/b8-6+. The molecule has 1 amide bonds. The van der Waals surface area contributed by atoms with Gasteiger partial charge in [-0.25, -0.2) is 9.18 Å². The molecule has 0 heterocycles. The number of aryl methyl sites for hydroxylation is 2. The van der Waals surface area contributed by atoms with E-state index in [1.807, 2.05) is 38.1 Å². The second-order valence-electron chi connectivity index (χ2n) is 6.63. The summed E-state index contributed by atoms with van der Waals surface area (Å²) < 4.78 is 23.6. The summed E-state index contributed by atoms with van der Waals surface area (Å²) in [7, 11) is 1.36. The van der Waals surface area contributed by atoms with E-state index in [0.717, 1.165) is 17.2 Å². The van der Waals surface area contributed by atoms with E-state index >= 15 is 0 Å². The molecule has 0 saturated carbocycles. The lowest BCUT2D eigenvalue weighted by atomic mass is 10.1. The number of nitrogens with zero attached hydrogens (tertiary/aromatic N) is 2. The molecule has 0 aromatic heterocycles. The van der Waals surface area contributed by atoms with Crippen LogP contribution in [0.4, 0.5) is 10.1 Å². The fraction of sp³-hybridized carbons (Fsp3) is 0.261. The van der Waals surface area contributed by atoms with Gasteiger partial charge in [0.15, 0.2) is 18.2 Å². The topological polar surface area (TPSA) is 79.6 Å². The number of esters is 1. The summed E-state index contributed by atoms with van der Waals surface area (Å²) in [6, 6.07) is 11.9. The third-order valence-electron chi connectivity index (χ3n) is 4.19. The maximum absolute atomic E-state index is 13.7. The molecule has 0 fully saturated rings. The summed E-state index contributed by atoms with van der Waals surface area (Å²) in [5.41, 5.74) is 3.05. The highest BCUT2D eigenvalue weighted by atomic mass is 19.1. The lowest BCUT2D eigenvalue weighted by molar-refractivity contribution is -0.142. The summed E-state index contributed by atoms with van der Waals surface area (Å²) in [6.07, 6.45) is 2.65. The fourth-order valence-electron chi connectivity index (χ4n) is 2.88. The van der Waals surface area contributed by atoms with E-state index in [0.29, 0.717) is 11.3 Å². The number of anilines is 1. The number of ether oxygens (including phenoxy) is 2. The molecule has 0 aliphatic rings. The predicted molar refractivity (Wildman–Crippen MR) is 111 cm³/mol. The molecule has 0 radical (unpaired) electrons. The quantitative estimate of drug-likeness (QED) is 0.486. The van der Waals surface area contributed by atoms with Crippen molar-refractivity contribution in [2.75, 3.05) is 25.2 Å². The Morgan fingerprint density at radius 1 is 1.17 bits per heavy atom. The molecule has 2 aromatic rings. The molecule has 0 N–H and O–H groups in total. The van der Waals surface area contributed by atoms with Crippen molar-refractivity contribution in [3.05, 3.63) is 65.0 Å². The Kier molecular flexibility index (Phi) is 8.12. The molecular formula is C23H23FN2O4. The SMILES string of the molecule is COc1ccc(/C=C/C(=O)OCC(=O)N(CCC#N)c2cc(C)cc(C)c2)cc1F. The minimum absolute atomic E-state index is 0.101. The molecule has 0 spiro atoms. The number of halogens is 1. The summed E-state index contributed by atoms with van der Waals surface area (Å²) in [4.78, 5) is 26.0. The average molecular weight is 410 g/mol. The molecule has 7 heteroatoms. The first-order valence-corrected chi connectivity index (χ1v) is 9.28. The van der Waals surface area contributed by atoms with E-state index in [-0.39, 0.29) is 18.7 Å². The molecule has 0 saturated heterocycles. The number of carbonyl (C=O) groups excluding carboxylic acids is 2. The number of methoxy groups -OCH3 is 1. The van der Waals surface area contributed by atoms with Gasteiger partial charge in [0.2, 0.25) is 0 Å². The molecule has 0 unspecified atom stereocenters. The largest absolute Gasteiger partial charge is 0.494 e. The maximum atomic E-state index is 13.7. The van der Waals surface area contributed by atoms with Crippen LogP contribution in [-0.2, 0) is 14.3 Å². The minimum atomic E-state index is -0.736. The summed E-state index contributed by atoms with van der Waals surface area (Å²) in [5, 5.41) is 8.88. The zero-order chi connectivity index (χ0) is 22.1. The zero-order valence-corrected chi connectivity index (χ0v) is 17.1. The number of nitriles is 1. The molecule has 0 aliphatic carbocycles. The second-order valence-corrected chi connectivity index (χ2v) is 6.63. The summed E-state index contributed by atoms with van der Waals surface area (Å²) in [6.45, 7) is 3.54. The van der Waals surface area contributed by atoms with E-state index in [2.05, 4.69) is 0 Å². The molecule has 30 heavy (non-hydrogen) atoms. The van der Waals surface area contributed by atoms with Crippen LogP contribution in [0.1, 0.15) is 23.1 Å². The smallest absolute Gasteiger partial charge is 0.331 e. The van der Waals surface area contributed by atoms with Crippen LogP contribution in [0.25, 0.3) is 6.08 Å². The Morgan fingerprint density at radius 2 is 1.87 bits per heavy atom. The highest BCUT2D eigenvalue weighted by molar-refractivity contribution is 5.96. The lowest BCUT2D eigenvalue weighted by Gasteiger charge is -2.22. The Hall–Kier alpha value is -3.66. The van der Waals surface area contributed by atoms with Gasteiger partial charge in [0.1, 0.15) is 0 Å². The molecule has 0 aliphatic heterocycles.